The second-order valence-electron chi connectivity index (χ2n) is 7.14. The number of para-hydroxylation sites is 2. The molecular weight excluding hydrogens is 434 g/mol. The standard InChI is InChI=1S/C24H16ClNO2S2/c1-14-5-4-7-18-21(17-6-2-3-8-19(17)28-22(14)18)26-23(27)20(30-24(26)29)13-15-9-11-16(25)12-10-15/h2-13,21H,1H3/b20-13-/t21-/m1/s1. The van der Waals surface area contributed by atoms with Gasteiger partial charge in [0.2, 0.25) is 0 Å². The topological polar surface area (TPSA) is 29.5 Å². The Morgan fingerprint density at radius 3 is 2.57 bits per heavy atom. The monoisotopic (exact) mass is 449 g/mol. The number of thiocarbonyl (C=S) groups is 1. The first kappa shape index (κ1) is 19.4. The number of halogens is 1. The fraction of sp³-hybridized carbons (Fsp3) is 0.0833. The molecule has 2 aliphatic rings. The molecule has 0 radical (unpaired) electrons. The zero-order chi connectivity index (χ0) is 20.8. The molecule has 1 amide bonds. The molecule has 2 heterocycles. The molecule has 0 aromatic heterocycles. The van der Waals surface area contributed by atoms with Crippen molar-refractivity contribution in [1.82, 2.24) is 4.90 Å². The second kappa shape index (κ2) is 7.58. The highest BCUT2D eigenvalue weighted by Gasteiger charge is 2.42. The summed E-state index contributed by atoms with van der Waals surface area (Å²) in [5, 5.41) is 0.658. The number of carbonyl (C=O) groups is 1. The number of thioether (sulfide) groups is 1. The van der Waals surface area contributed by atoms with Gasteiger partial charge in [-0.25, -0.2) is 0 Å². The van der Waals surface area contributed by atoms with Crippen molar-refractivity contribution in [1.29, 1.82) is 0 Å². The SMILES string of the molecule is Cc1cccc2c1Oc1ccccc1[C@H]2N1C(=O)/C(=C/c2ccc(Cl)cc2)SC1=S. The molecule has 1 atom stereocenters. The zero-order valence-corrected chi connectivity index (χ0v) is 18.4. The highest BCUT2D eigenvalue weighted by atomic mass is 35.5. The molecule has 30 heavy (non-hydrogen) atoms. The van der Waals surface area contributed by atoms with Crippen molar-refractivity contribution in [2.45, 2.75) is 13.0 Å². The van der Waals surface area contributed by atoms with E-state index >= 15 is 0 Å². The van der Waals surface area contributed by atoms with Gasteiger partial charge in [-0.15, -0.1) is 0 Å². The van der Waals surface area contributed by atoms with Crippen molar-refractivity contribution in [3.05, 3.63) is 98.9 Å². The van der Waals surface area contributed by atoms with Gasteiger partial charge in [-0.3, -0.25) is 9.69 Å². The predicted octanol–water partition coefficient (Wildman–Crippen LogP) is 6.74. The lowest BCUT2D eigenvalue weighted by molar-refractivity contribution is -0.123. The summed E-state index contributed by atoms with van der Waals surface area (Å²) in [6, 6.07) is 20.9. The van der Waals surface area contributed by atoms with Gasteiger partial charge in [0.15, 0.2) is 0 Å². The summed E-state index contributed by atoms with van der Waals surface area (Å²) in [6.45, 7) is 2.01. The van der Waals surface area contributed by atoms with E-state index in [0.29, 0.717) is 14.2 Å². The van der Waals surface area contributed by atoms with Crippen molar-refractivity contribution in [2.24, 2.45) is 0 Å². The fourth-order valence-corrected chi connectivity index (χ4v) is 5.24. The maximum absolute atomic E-state index is 13.5. The van der Waals surface area contributed by atoms with E-state index in [1.807, 2.05) is 79.7 Å². The molecule has 3 nitrogen and oxygen atoms in total. The third-order valence-corrected chi connectivity index (χ3v) is 6.79. The summed E-state index contributed by atoms with van der Waals surface area (Å²) in [4.78, 5) is 15.8. The lowest BCUT2D eigenvalue weighted by atomic mass is 9.92. The third-order valence-electron chi connectivity index (χ3n) is 5.21. The summed E-state index contributed by atoms with van der Waals surface area (Å²) >= 11 is 13.0. The van der Waals surface area contributed by atoms with Gasteiger partial charge in [0.05, 0.1) is 10.9 Å². The second-order valence-corrected chi connectivity index (χ2v) is 9.25. The van der Waals surface area contributed by atoms with Crippen LogP contribution in [0.15, 0.2) is 71.6 Å². The van der Waals surface area contributed by atoms with Crippen LogP contribution >= 0.6 is 35.6 Å². The quantitative estimate of drug-likeness (QED) is 0.320. The van der Waals surface area contributed by atoms with Gasteiger partial charge >= 0.3 is 0 Å². The smallest absolute Gasteiger partial charge is 0.267 e. The molecule has 6 heteroatoms. The number of nitrogens with zero attached hydrogens (tertiary/aromatic N) is 1. The maximum Gasteiger partial charge on any atom is 0.267 e. The van der Waals surface area contributed by atoms with E-state index in [1.54, 1.807) is 4.90 Å². The summed E-state index contributed by atoms with van der Waals surface area (Å²) in [6.07, 6.45) is 1.86. The van der Waals surface area contributed by atoms with Gasteiger partial charge < -0.3 is 4.74 Å². The van der Waals surface area contributed by atoms with E-state index in [0.717, 1.165) is 33.8 Å². The number of benzene rings is 3. The molecule has 0 bridgehead atoms. The number of hydrogen-bond donors (Lipinski definition) is 0. The molecule has 0 aliphatic carbocycles. The lowest BCUT2D eigenvalue weighted by Crippen LogP contribution is -2.35. The minimum atomic E-state index is -0.325. The number of rotatable bonds is 2. The highest BCUT2D eigenvalue weighted by Crippen LogP contribution is 2.50. The molecule has 148 valence electrons. The van der Waals surface area contributed by atoms with E-state index < -0.39 is 0 Å². The van der Waals surface area contributed by atoms with Crippen LogP contribution in [-0.2, 0) is 4.79 Å². The van der Waals surface area contributed by atoms with Gasteiger partial charge in [0.1, 0.15) is 15.8 Å². The van der Waals surface area contributed by atoms with Crippen LogP contribution in [-0.4, -0.2) is 15.1 Å². The number of ether oxygens (including phenoxy) is 1. The van der Waals surface area contributed by atoms with Gasteiger partial charge in [0.25, 0.3) is 5.91 Å². The summed E-state index contributed by atoms with van der Waals surface area (Å²) in [5.74, 6) is 1.44. The van der Waals surface area contributed by atoms with Gasteiger partial charge in [-0.1, -0.05) is 84.1 Å². The van der Waals surface area contributed by atoms with Gasteiger partial charge in [0, 0.05) is 16.1 Å². The van der Waals surface area contributed by atoms with E-state index in [1.165, 1.54) is 11.8 Å². The lowest BCUT2D eigenvalue weighted by Gasteiger charge is -2.34. The Kier molecular flexibility index (Phi) is 4.89. The van der Waals surface area contributed by atoms with E-state index in [-0.39, 0.29) is 11.9 Å². The third kappa shape index (κ3) is 3.23. The molecular formula is C24H16ClNO2S2. The number of hydrogen-bond acceptors (Lipinski definition) is 4. The Balaban J connectivity index is 1.60. The average Bonchev–Trinajstić information content (AvgIpc) is 3.01. The summed E-state index contributed by atoms with van der Waals surface area (Å²) in [5.41, 5.74) is 3.80. The Morgan fingerprint density at radius 1 is 1.03 bits per heavy atom. The molecule has 3 aromatic carbocycles. The molecule has 0 spiro atoms. The summed E-state index contributed by atoms with van der Waals surface area (Å²) in [7, 11) is 0. The van der Waals surface area contributed by atoms with Crippen molar-refractivity contribution in [3.8, 4) is 11.5 Å². The molecule has 1 saturated heterocycles. The molecule has 1 fully saturated rings. The zero-order valence-electron chi connectivity index (χ0n) is 16.0. The van der Waals surface area contributed by atoms with Gasteiger partial charge in [-0.05, 0) is 42.3 Å². The first-order chi connectivity index (χ1) is 14.5. The normalized spacial score (nSPS) is 18.9. The van der Waals surface area contributed by atoms with Crippen LogP contribution in [0, 0.1) is 6.92 Å². The van der Waals surface area contributed by atoms with Crippen molar-refractivity contribution in [2.75, 3.05) is 0 Å². The Bertz CT molecular complexity index is 1220. The fourth-order valence-electron chi connectivity index (χ4n) is 3.80. The Morgan fingerprint density at radius 2 is 1.77 bits per heavy atom. The predicted molar refractivity (Wildman–Crippen MR) is 126 cm³/mol. The Hall–Kier alpha value is -2.60. The number of aryl methyl sites for hydroxylation is 1. The Labute approximate surface area is 189 Å². The van der Waals surface area contributed by atoms with Crippen LogP contribution in [0.2, 0.25) is 5.02 Å². The van der Waals surface area contributed by atoms with Crippen LogP contribution < -0.4 is 4.74 Å². The largest absolute Gasteiger partial charge is 0.456 e. The number of amides is 1. The van der Waals surface area contributed by atoms with Crippen molar-refractivity contribution >= 4 is 51.9 Å². The van der Waals surface area contributed by atoms with E-state index in [2.05, 4.69) is 0 Å². The van der Waals surface area contributed by atoms with E-state index in [4.69, 9.17) is 28.6 Å². The summed E-state index contributed by atoms with van der Waals surface area (Å²) < 4.78 is 6.72. The molecule has 2 aliphatic heterocycles. The minimum absolute atomic E-state index is 0.103. The molecule has 0 unspecified atom stereocenters. The van der Waals surface area contributed by atoms with Crippen LogP contribution in [0.1, 0.15) is 28.3 Å². The van der Waals surface area contributed by atoms with Crippen molar-refractivity contribution in [3.63, 3.8) is 0 Å². The van der Waals surface area contributed by atoms with Crippen molar-refractivity contribution < 1.29 is 9.53 Å². The molecule has 3 aromatic rings. The number of fused-ring (bicyclic) bond motifs is 2. The van der Waals surface area contributed by atoms with Crippen LogP contribution in [0.4, 0.5) is 0 Å². The van der Waals surface area contributed by atoms with Crippen LogP contribution in [0.3, 0.4) is 0 Å². The van der Waals surface area contributed by atoms with Gasteiger partial charge in [-0.2, -0.15) is 0 Å². The highest BCUT2D eigenvalue weighted by molar-refractivity contribution is 8.26. The van der Waals surface area contributed by atoms with E-state index in [9.17, 15) is 4.79 Å². The molecule has 0 N–H and O–H groups in total. The molecule has 5 rings (SSSR count). The first-order valence-electron chi connectivity index (χ1n) is 9.42. The maximum atomic E-state index is 13.5. The minimum Gasteiger partial charge on any atom is -0.456 e. The first-order valence-corrected chi connectivity index (χ1v) is 11.0. The van der Waals surface area contributed by atoms with Crippen LogP contribution in [0.5, 0.6) is 11.5 Å². The van der Waals surface area contributed by atoms with Crippen LogP contribution in [0.25, 0.3) is 6.08 Å². The number of carbonyl (C=O) groups excluding carboxylic acids is 1. The molecule has 0 saturated carbocycles. The average molecular weight is 450 g/mol.